The molecule has 0 saturated carbocycles. The molecule has 6 heteroatoms. The summed E-state index contributed by atoms with van der Waals surface area (Å²) in [6.45, 7) is 5.14. The number of benzene rings is 1. The molecule has 0 spiro atoms. The molecule has 1 fully saturated rings. The molecule has 21 heavy (non-hydrogen) atoms. The van der Waals surface area contributed by atoms with Crippen LogP contribution in [0.1, 0.15) is 30.1 Å². The van der Waals surface area contributed by atoms with Crippen molar-refractivity contribution in [2.45, 2.75) is 19.8 Å². The fraction of sp³-hybridized carbons (Fsp3) is 0.467. The molecule has 0 radical (unpaired) electrons. The lowest BCUT2D eigenvalue weighted by Crippen LogP contribution is -2.41. The van der Waals surface area contributed by atoms with Gasteiger partial charge in [-0.05, 0) is 38.0 Å². The molecule has 1 aliphatic rings. The Hall–Kier alpha value is -2.08. The molecule has 1 saturated heterocycles. The number of ether oxygens (including phenoxy) is 1. The number of rotatable bonds is 4. The van der Waals surface area contributed by atoms with E-state index in [0.29, 0.717) is 5.56 Å². The van der Waals surface area contributed by atoms with Crippen LogP contribution in [0.2, 0.25) is 0 Å². The zero-order valence-electron chi connectivity index (χ0n) is 12.4. The van der Waals surface area contributed by atoms with Crippen molar-refractivity contribution in [2.75, 3.05) is 31.8 Å². The maximum atomic E-state index is 11.6. The Morgan fingerprint density at radius 1 is 1.43 bits per heavy atom. The number of carbonyl (C=O) groups excluding carboxylic acids is 1. The van der Waals surface area contributed by atoms with Crippen LogP contribution in [0.15, 0.2) is 18.2 Å². The Kier molecular flexibility index (Phi) is 3.79. The highest BCUT2D eigenvalue weighted by atomic mass is 16.5. The Bertz CT molecular complexity index is 646. The van der Waals surface area contributed by atoms with E-state index in [4.69, 9.17) is 4.74 Å². The molecular weight excluding hydrogens is 268 g/mol. The highest BCUT2D eigenvalue weighted by molar-refractivity contribution is 5.97. The van der Waals surface area contributed by atoms with E-state index in [9.17, 15) is 4.79 Å². The lowest BCUT2D eigenvalue weighted by Gasteiger charge is -2.30. The number of hydrogen-bond donors (Lipinski definition) is 1. The van der Waals surface area contributed by atoms with Gasteiger partial charge in [-0.2, -0.15) is 5.10 Å². The second-order valence-electron chi connectivity index (χ2n) is 5.18. The Morgan fingerprint density at radius 3 is 2.86 bits per heavy atom. The van der Waals surface area contributed by atoms with E-state index in [1.54, 1.807) is 12.1 Å². The van der Waals surface area contributed by atoms with Crippen molar-refractivity contribution in [3.63, 3.8) is 0 Å². The number of esters is 1. The summed E-state index contributed by atoms with van der Waals surface area (Å²) in [5.41, 5.74) is 1.38. The third kappa shape index (κ3) is 2.47. The van der Waals surface area contributed by atoms with Gasteiger partial charge in [-0.25, -0.2) is 9.80 Å². The average molecular weight is 288 g/mol. The molecule has 2 aromatic rings. The molecule has 1 N–H and O–H groups in total. The van der Waals surface area contributed by atoms with Gasteiger partial charge >= 0.3 is 5.97 Å². The van der Waals surface area contributed by atoms with Crippen LogP contribution in [0, 0.1) is 0 Å². The number of aromatic nitrogens is 2. The van der Waals surface area contributed by atoms with Crippen molar-refractivity contribution in [3.05, 3.63) is 23.8 Å². The number of hydrazine groups is 1. The second-order valence-corrected chi connectivity index (χ2v) is 5.18. The molecule has 0 amide bonds. The first-order chi connectivity index (χ1) is 10.2. The third-order valence-corrected chi connectivity index (χ3v) is 3.93. The molecule has 2 heterocycles. The van der Waals surface area contributed by atoms with Crippen LogP contribution in [0.3, 0.4) is 0 Å². The van der Waals surface area contributed by atoms with Gasteiger partial charge in [0.25, 0.3) is 0 Å². The van der Waals surface area contributed by atoms with Crippen LogP contribution >= 0.6 is 0 Å². The van der Waals surface area contributed by atoms with Gasteiger partial charge in [0.1, 0.15) is 0 Å². The number of H-pyrrole nitrogens is 1. The SMILES string of the molecule is CCN(c1n[nH]c2cc(C(=O)OC)ccc12)N1CCCC1. The van der Waals surface area contributed by atoms with Gasteiger partial charge in [-0.15, -0.1) is 0 Å². The van der Waals surface area contributed by atoms with Gasteiger partial charge in [0.15, 0.2) is 5.82 Å². The fourth-order valence-corrected chi connectivity index (χ4v) is 2.87. The normalized spacial score (nSPS) is 15.5. The molecule has 0 unspecified atom stereocenters. The van der Waals surface area contributed by atoms with Crippen LogP contribution < -0.4 is 5.01 Å². The van der Waals surface area contributed by atoms with Gasteiger partial charge < -0.3 is 4.74 Å². The maximum Gasteiger partial charge on any atom is 0.337 e. The van der Waals surface area contributed by atoms with Gasteiger partial charge in [-0.1, -0.05) is 0 Å². The zero-order valence-corrected chi connectivity index (χ0v) is 12.4. The van der Waals surface area contributed by atoms with Crippen molar-refractivity contribution in [2.24, 2.45) is 0 Å². The monoisotopic (exact) mass is 288 g/mol. The van der Waals surface area contributed by atoms with Crippen LogP contribution in [0.25, 0.3) is 10.9 Å². The number of methoxy groups -OCH3 is 1. The Balaban J connectivity index is 1.97. The molecule has 1 aromatic carbocycles. The smallest absolute Gasteiger partial charge is 0.337 e. The quantitative estimate of drug-likeness (QED) is 0.874. The number of nitrogens with one attached hydrogen (secondary N) is 1. The minimum Gasteiger partial charge on any atom is -0.465 e. The predicted molar refractivity (Wildman–Crippen MR) is 81.3 cm³/mol. The molecular formula is C15H20N4O2. The van der Waals surface area contributed by atoms with Crippen LogP contribution in [-0.4, -0.2) is 47.9 Å². The lowest BCUT2D eigenvalue weighted by molar-refractivity contribution is 0.0601. The van der Waals surface area contributed by atoms with Crippen molar-refractivity contribution in [1.82, 2.24) is 15.2 Å². The summed E-state index contributed by atoms with van der Waals surface area (Å²) in [4.78, 5) is 11.6. The molecule has 0 bridgehead atoms. The Labute approximate surface area is 123 Å². The number of anilines is 1. The van der Waals surface area contributed by atoms with Gasteiger partial charge in [0.05, 0.1) is 18.2 Å². The van der Waals surface area contributed by atoms with Crippen molar-refractivity contribution < 1.29 is 9.53 Å². The summed E-state index contributed by atoms with van der Waals surface area (Å²) in [5, 5.41) is 13.0. The molecule has 112 valence electrons. The van der Waals surface area contributed by atoms with Crippen molar-refractivity contribution in [1.29, 1.82) is 0 Å². The van der Waals surface area contributed by atoms with Gasteiger partial charge in [-0.3, -0.25) is 10.1 Å². The summed E-state index contributed by atoms with van der Waals surface area (Å²) >= 11 is 0. The van der Waals surface area contributed by atoms with Crippen LogP contribution in [0.5, 0.6) is 0 Å². The molecule has 6 nitrogen and oxygen atoms in total. The zero-order chi connectivity index (χ0) is 14.8. The van der Waals surface area contributed by atoms with Crippen molar-refractivity contribution >= 4 is 22.7 Å². The molecule has 3 rings (SSSR count). The van der Waals surface area contributed by atoms with Crippen molar-refractivity contribution in [3.8, 4) is 0 Å². The fourth-order valence-electron chi connectivity index (χ4n) is 2.87. The van der Waals surface area contributed by atoms with Crippen LogP contribution in [-0.2, 0) is 4.74 Å². The summed E-state index contributed by atoms with van der Waals surface area (Å²) in [5.74, 6) is 0.589. The first-order valence-corrected chi connectivity index (χ1v) is 7.33. The summed E-state index contributed by atoms with van der Waals surface area (Å²) < 4.78 is 4.75. The topological polar surface area (TPSA) is 61.5 Å². The van der Waals surface area contributed by atoms with Gasteiger partial charge in [0, 0.05) is 25.0 Å². The van der Waals surface area contributed by atoms with E-state index in [2.05, 4.69) is 27.1 Å². The number of nitrogens with zero attached hydrogens (tertiary/aromatic N) is 3. The summed E-state index contributed by atoms with van der Waals surface area (Å²) in [6, 6.07) is 5.50. The highest BCUT2D eigenvalue weighted by Gasteiger charge is 2.22. The third-order valence-electron chi connectivity index (χ3n) is 3.93. The first kappa shape index (κ1) is 13.9. The largest absolute Gasteiger partial charge is 0.465 e. The van der Waals surface area contributed by atoms with E-state index < -0.39 is 0 Å². The predicted octanol–water partition coefficient (Wildman–Crippen LogP) is 2.19. The lowest BCUT2D eigenvalue weighted by atomic mass is 10.1. The maximum absolute atomic E-state index is 11.6. The Morgan fingerprint density at radius 2 is 2.19 bits per heavy atom. The molecule has 1 aromatic heterocycles. The van der Waals surface area contributed by atoms with E-state index in [0.717, 1.165) is 36.4 Å². The summed E-state index contributed by atoms with van der Waals surface area (Å²) in [6.07, 6.45) is 2.46. The number of carbonyl (C=O) groups is 1. The summed E-state index contributed by atoms with van der Waals surface area (Å²) in [7, 11) is 1.39. The molecule has 0 aliphatic carbocycles. The molecule has 0 atom stereocenters. The minimum absolute atomic E-state index is 0.333. The van der Waals surface area contributed by atoms with E-state index >= 15 is 0 Å². The minimum atomic E-state index is -0.333. The highest BCUT2D eigenvalue weighted by Crippen LogP contribution is 2.27. The first-order valence-electron chi connectivity index (χ1n) is 7.33. The number of fused-ring (bicyclic) bond motifs is 1. The van der Waals surface area contributed by atoms with Crippen LogP contribution in [0.4, 0.5) is 5.82 Å². The molecule has 1 aliphatic heterocycles. The average Bonchev–Trinajstić information content (AvgIpc) is 3.17. The second kappa shape index (κ2) is 5.73. The van der Waals surface area contributed by atoms with E-state index in [-0.39, 0.29) is 5.97 Å². The number of hydrogen-bond acceptors (Lipinski definition) is 5. The number of aromatic amines is 1. The van der Waals surface area contributed by atoms with Gasteiger partial charge in [0.2, 0.25) is 0 Å². The van der Waals surface area contributed by atoms with E-state index in [1.807, 2.05) is 6.07 Å². The standard InChI is InChI=1S/C15H20N4O2/c1-3-19(18-8-4-5-9-18)14-12-7-6-11(15(20)21-2)10-13(12)16-17-14/h6-7,10H,3-5,8-9H2,1-2H3,(H,16,17). The van der Waals surface area contributed by atoms with E-state index in [1.165, 1.54) is 20.0 Å².